The van der Waals surface area contributed by atoms with Gasteiger partial charge in [-0.15, -0.1) is 11.3 Å². The molecular weight excluding hydrogens is 352 g/mol. The topological polar surface area (TPSA) is 51.2 Å². The van der Waals surface area contributed by atoms with Crippen LogP contribution in [0, 0.1) is 0 Å². The molecule has 128 valence electrons. The van der Waals surface area contributed by atoms with Gasteiger partial charge in [0.25, 0.3) is 0 Å². The summed E-state index contributed by atoms with van der Waals surface area (Å²) in [5.41, 5.74) is 2.87. The molecule has 0 unspecified atom stereocenters. The summed E-state index contributed by atoms with van der Waals surface area (Å²) in [6, 6.07) is 17.4. The molecule has 2 aromatic carbocycles. The molecule has 1 N–H and O–H groups in total. The zero-order chi connectivity index (χ0) is 17.5. The second-order valence-corrected chi connectivity index (χ2v) is 7.44. The minimum atomic E-state index is -0.00231. The highest BCUT2D eigenvalue weighted by molar-refractivity contribution is 8.01. The van der Waals surface area contributed by atoms with E-state index in [1.165, 1.54) is 0 Å². The molecule has 0 aliphatic carbocycles. The van der Waals surface area contributed by atoms with Gasteiger partial charge in [0.15, 0.2) is 4.34 Å². The average Bonchev–Trinajstić information content (AvgIpc) is 3.12. The monoisotopic (exact) mass is 370 g/mol. The maximum Gasteiger partial charge on any atom is 0.225 e. The van der Waals surface area contributed by atoms with E-state index in [0.29, 0.717) is 12.2 Å². The fourth-order valence-electron chi connectivity index (χ4n) is 2.19. The molecule has 0 bridgehead atoms. The Bertz CT molecular complexity index is 817. The molecule has 0 aliphatic heterocycles. The molecule has 25 heavy (non-hydrogen) atoms. The van der Waals surface area contributed by atoms with Crippen molar-refractivity contribution in [2.75, 3.05) is 18.2 Å². The van der Waals surface area contributed by atoms with E-state index in [-0.39, 0.29) is 5.91 Å². The number of carbonyl (C=O) groups excluding carboxylic acids is 1. The highest BCUT2D eigenvalue weighted by Gasteiger charge is 2.07. The zero-order valence-corrected chi connectivity index (χ0v) is 15.4. The smallest absolute Gasteiger partial charge is 0.225 e. The van der Waals surface area contributed by atoms with Gasteiger partial charge in [0, 0.05) is 28.8 Å². The lowest BCUT2D eigenvalue weighted by molar-refractivity contribution is -0.115. The number of hydrogen-bond donors (Lipinski definition) is 1. The molecule has 0 radical (unpaired) electrons. The highest BCUT2D eigenvalue weighted by atomic mass is 32.2. The van der Waals surface area contributed by atoms with Gasteiger partial charge in [-0.2, -0.15) is 0 Å². The number of ether oxygens (including phenoxy) is 1. The van der Waals surface area contributed by atoms with Crippen LogP contribution in [0.1, 0.15) is 6.42 Å². The van der Waals surface area contributed by atoms with Crippen LogP contribution < -0.4 is 10.1 Å². The standard InChI is InChI=1S/C19H18N2O2S2/c1-23-16-9-7-15(8-10-16)20-18(22)11-12-24-19-21-17(13-25-19)14-5-3-2-4-6-14/h2-10,13H,11-12H2,1H3,(H,20,22). The number of methoxy groups -OCH3 is 1. The number of anilines is 1. The Kier molecular flexibility index (Phi) is 6.09. The molecule has 0 spiro atoms. The van der Waals surface area contributed by atoms with Crippen molar-refractivity contribution in [2.24, 2.45) is 0 Å². The van der Waals surface area contributed by atoms with E-state index in [1.807, 2.05) is 54.6 Å². The summed E-state index contributed by atoms with van der Waals surface area (Å²) < 4.78 is 6.08. The number of rotatable bonds is 7. The van der Waals surface area contributed by atoms with Crippen LogP contribution in [-0.4, -0.2) is 23.8 Å². The molecule has 3 rings (SSSR count). The summed E-state index contributed by atoms with van der Waals surface area (Å²) in [7, 11) is 1.62. The van der Waals surface area contributed by atoms with Gasteiger partial charge in [0.05, 0.1) is 12.8 Å². The predicted octanol–water partition coefficient (Wildman–Crippen LogP) is 4.94. The van der Waals surface area contributed by atoms with Crippen molar-refractivity contribution >= 4 is 34.7 Å². The predicted molar refractivity (Wildman–Crippen MR) is 105 cm³/mol. The number of hydrogen-bond acceptors (Lipinski definition) is 5. The maximum atomic E-state index is 12.0. The summed E-state index contributed by atoms with van der Waals surface area (Å²) in [5, 5.41) is 4.94. The first-order valence-electron chi connectivity index (χ1n) is 7.82. The number of thioether (sulfide) groups is 1. The maximum absolute atomic E-state index is 12.0. The van der Waals surface area contributed by atoms with Gasteiger partial charge in [0.1, 0.15) is 5.75 Å². The molecule has 1 aromatic heterocycles. The van der Waals surface area contributed by atoms with Crippen LogP contribution in [0.4, 0.5) is 5.69 Å². The number of amides is 1. The van der Waals surface area contributed by atoms with Gasteiger partial charge in [-0.3, -0.25) is 4.79 Å². The molecule has 1 amide bonds. The Labute approximate surface area is 155 Å². The van der Waals surface area contributed by atoms with E-state index in [0.717, 1.165) is 27.0 Å². The first kappa shape index (κ1) is 17.5. The van der Waals surface area contributed by atoms with Crippen molar-refractivity contribution < 1.29 is 9.53 Å². The average molecular weight is 370 g/mol. The first-order valence-corrected chi connectivity index (χ1v) is 9.69. The van der Waals surface area contributed by atoms with Crippen LogP contribution in [0.2, 0.25) is 0 Å². The van der Waals surface area contributed by atoms with E-state index in [2.05, 4.69) is 15.7 Å². The number of nitrogens with one attached hydrogen (secondary N) is 1. The molecule has 0 fully saturated rings. The third kappa shape index (κ3) is 5.08. The summed E-state index contributed by atoms with van der Waals surface area (Å²) in [5.74, 6) is 1.47. The summed E-state index contributed by atoms with van der Waals surface area (Å²) in [4.78, 5) is 16.6. The van der Waals surface area contributed by atoms with Crippen LogP contribution >= 0.6 is 23.1 Å². The van der Waals surface area contributed by atoms with Crippen molar-refractivity contribution in [1.29, 1.82) is 0 Å². The van der Waals surface area contributed by atoms with Crippen LogP contribution in [-0.2, 0) is 4.79 Å². The minimum Gasteiger partial charge on any atom is -0.497 e. The van der Waals surface area contributed by atoms with Crippen molar-refractivity contribution in [3.63, 3.8) is 0 Å². The molecule has 0 atom stereocenters. The lowest BCUT2D eigenvalue weighted by Crippen LogP contribution is -2.12. The van der Waals surface area contributed by atoms with Crippen LogP contribution in [0.3, 0.4) is 0 Å². The van der Waals surface area contributed by atoms with E-state index >= 15 is 0 Å². The fraction of sp³-hybridized carbons (Fsp3) is 0.158. The van der Waals surface area contributed by atoms with Gasteiger partial charge in [-0.25, -0.2) is 4.98 Å². The quantitative estimate of drug-likeness (QED) is 0.599. The van der Waals surface area contributed by atoms with Crippen LogP contribution in [0.15, 0.2) is 64.3 Å². The Balaban J connectivity index is 1.46. The van der Waals surface area contributed by atoms with Crippen molar-refractivity contribution in [3.05, 3.63) is 60.0 Å². The van der Waals surface area contributed by atoms with E-state index in [9.17, 15) is 4.79 Å². The van der Waals surface area contributed by atoms with Crippen molar-refractivity contribution in [3.8, 4) is 17.0 Å². The number of aromatic nitrogens is 1. The second kappa shape index (κ2) is 8.69. The summed E-state index contributed by atoms with van der Waals surface area (Å²) in [6.07, 6.45) is 0.441. The largest absolute Gasteiger partial charge is 0.497 e. The molecule has 4 nitrogen and oxygen atoms in total. The highest BCUT2D eigenvalue weighted by Crippen LogP contribution is 2.28. The number of carbonyl (C=O) groups is 1. The van der Waals surface area contributed by atoms with E-state index in [1.54, 1.807) is 30.2 Å². The Morgan fingerprint density at radius 3 is 2.64 bits per heavy atom. The molecule has 1 heterocycles. The van der Waals surface area contributed by atoms with E-state index < -0.39 is 0 Å². The zero-order valence-electron chi connectivity index (χ0n) is 13.8. The van der Waals surface area contributed by atoms with Gasteiger partial charge in [-0.1, -0.05) is 42.1 Å². The van der Waals surface area contributed by atoms with Gasteiger partial charge >= 0.3 is 0 Å². The van der Waals surface area contributed by atoms with Crippen LogP contribution in [0.25, 0.3) is 11.3 Å². The van der Waals surface area contributed by atoms with E-state index in [4.69, 9.17) is 4.74 Å². The molecule has 0 saturated carbocycles. The number of nitrogens with zero attached hydrogens (tertiary/aromatic N) is 1. The third-order valence-corrected chi connectivity index (χ3v) is 5.50. The lowest BCUT2D eigenvalue weighted by atomic mass is 10.2. The van der Waals surface area contributed by atoms with Crippen molar-refractivity contribution in [1.82, 2.24) is 4.98 Å². The molecule has 0 saturated heterocycles. The second-order valence-electron chi connectivity index (χ2n) is 5.24. The molecular formula is C19H18N2O2S2. The van der Waals surface area contributed by atoms with Gasteiger partial charge in [0.2, 0.25) is 5.91 Å². The number of benzene rings is 2. The first-order chi connectivity index (χ1) is 12.2. The Hall–Kier alpha value is -2.31. The number of thiazole rings is 1. The Morgan fingerprint density at radius 2 is 1.92 bits per heavy atom. The lowest BCUT2D eigenvalue weighted by Gasteiger charge is -2.05. The van der Waals surface area contributed by atoms with Gasteiger partial charge < -0.3 is 10.1 Å². The van der Waals surface area contributed by atoms with Crippen molar-refractivity contribution in [2.45, 2.75) is 10.8 Å². The summed E-state index contributed by atoms with van der Waals surface area (Å²) >= 11 is 3.22. The normalized spacial score (nSPS) is 10.4. The molecule has 3 aromatic rings. The SMILES string of the molecule is COc1ccc(NC(=O)CCSc2nc(-c3ccccc3)cs2)cc1. The third-order valence-electron chi connectivity index (χ3n) is 3.48. The minimum absolute atomic E-state index is 0.00231. The molecule has 0 aliphatic rings. The van der Waals surface area contributed by atoms with Crippen LogP contribution in [0.5, 0.6) is 5.75 Å². The fourth-order valence-corrected chi connectivity index (χ4v) is 4.04. The van der Waals surface area contributed by atoms with Gasteiger partial charge in [-0.05, 0) is 24.3 Å². The molecule has 6 heteroatoms. The summed E-state index contributed by atoms with van der Waals surface area (Å²) in [6.45, 7) is 0. The Morgan fingerprint density at radius 1 is 1.16 bits per heavy atom.